The zero-order valence-electron chi connectivity index (χ0n) is 14.4. The van der Waals surface area contributed by atoms with Crippen LogP contribution in [-0.4, -0.2) is 26.9 Å². The summed E-state index contributed by atoms with van der Waals surface area (Å²) in [6.07, 6.45) is -1.96. The van der Waals surface area contributed by atoms with Crippen LogP contribution in [0.2, 0.25) is 0 Å². The molecule has 0 spiro atoms. The summed E-state index contributed by atoms with van der Waals surface area (Å²) in [5, 5.41) is 4.76. The molecule has 3 aromatic heterocycles. The Hall–Kier alpha value is -3.49. The van der Waals surface area contributed by atoms with E-state index in [1.807, 2.05) is 0 Å². The second-order valence-corrected chi connectivity index (χ2v) is 5.91. The van der Waals surface area contributed by atoms with Crippen molar-refractivity contribution in [2.24, 2.45) is 0 Å². The zero-order chi connectivity index (χ0) is 19.9. The summed E-state index contributed by atoms with van der Waals surface area (Å²) in [5.41, 5.74) is 0.398. The SMILES string of the molecule is COc1ccc(-c2c3ccc(C(F)(F)F)cc3nn2-c2ccc(F)cn2)cn1. The molecule has 1 aromatic carbocycles. The summed E-state index contributed by atoms with van der Waals surface area (Å²) >= 11 is 0. The molecule has 4 aromatic rings. The van der Waals surface area contributed by atoms with E-state index in [-0.39, 0.29) is 11.3 Å². The van der Waals surface area contributed by atoms with Crippen molar-refractivity contribution < 1.29 is 22.3 Å². The highest BCUT2D eigenvalue weighted by atomic mass is 19.4. The van der Waals surface area contributed by atoms with E-state index in [1.165, 1.54) is 36.2 Å². The summed E-state index contributed by atoms with van der Waals surface area (Å²) in [7, 11) is 1.47. The Kier molecular flexibility index (Phi) is 4.21. The van der Waals surface area contributed by atoms with Gasteiger partial charge in [-0.05, 0) is 36.4 Å². The van der Waals surface area contributed by atoms with Crippen LogP contribution >= 0.6 is 0 Å². The predicted molar refractivity (Wildman–Crippen MR) is 93.6 cm³/mol. The third kappa shape index (κ3) is 3.15. The van der Waals surface area contributed by atoms with Crippen LogP contribution in [0.25, 0.3) is 28.0 Å². The number of aromatic nitrogens is 4. The molecule has 0 bridgehead atoms. The van der Waals surface area contributed by atoms with Gasteiger partial charge in [-0.15, -0.1) is 0 Å². The van der Waals surface area contributed by atoms with E-state index in [4.69, 9.17) is 4.74 Å². The Morgan fingerprint density at radius 3 is 2.39 bits per heavy atom. The second kappa shape index (κ2) is 6.59. The molecule has 0 atom stereocenters. The van der Waals surface area contributed by atoms with Gasteiger partial charge in [0.1, 0.15) is 5.82 Å². The number of hydrogen-bond acceptors (Lipinski definition) is 4. The fraction of sp³-hybridized carbons (Fsp3) is 0.105. The number of benzene rings is 1. The molecule has 3 heterocycles. The van der Waals surface area contributed by atoms with Gasteiger partial charge >= 0.3 is 6.18 Å². The molecule has 0 saturated heterocycles. The summed E-state index contributed by atoms with van der Waals surface area (Å²) in [6.45, 7) is 0. The smallest absolute Gasteiger partial charge is 0.416 e. The highest BCUT2D eigenvalue weighted by Crippen LogP contribution is 2.35. The van der Waals surface area contributed by atoms with Crippen molar-refractivity contribution in [1.29, 1.82) is 0 Å². The normalized spacial score (nSPS) is 11.8. The van der Waals surface area contributed by atoms with Gasteiger partial charge in [0.05, 0.1) is 30.1 Å². The summed E-state index contributed by atoms with van der Waals surface area (Å²) in [5.74, 6) is 0.114. The number of pyridine rings is 2. The molecule has 0 aliphatic heterocycles. The summed E-state index contributed by atoms with van der Waals surface area (Å²) in [6, 6.07) is 9.24. The van der Waals surface area contributed by atoms with Crippen LogP contribution in [0.3, 0.4) is 0 Å². The van der Waals surface area contributed by atoms with Gasteiger partial charge < -0.3 is 4.74 Å². The maximum Gasteiger partial charge on any atom is 0.416 e. The molecule has 5 nitrogen and oxygen atoms in total. The number of fused-ring (bicyclic) bond motifs is 1. The van der Waals surface area contributed by atoms with Crippen molar-refractivity contribution in [2.45, 2.75) is 6.18 Å². The van der Waals surface area contributed by atoms with Gasteiger partial charge in [-0.25, -0.2) is 19.0 Å². The summed E-state index contributed by atoms with van der Waals surface area (Å²) in [4.78, 5) is 8.13. The molecule has 4 rings (SSSR count). The van der Waals surface area contributed by atoms with Gasteiger partial charge in [-0.3, -0.25) is 0 Å². The molecular weight excluding hydrogens is 376 g/mol. The monoisotopic (exact) mass is 388 g/mol. The second-order valence-electron chi connectivity index (χ2n) is 5.91. The van der Waals surface area contributed by atoms with Crippen LogP contribution in [0.15, 0.2) is 54.9 Å². The third-order valence-corrected chi connectivity index (χ3v) is 4.15. The van der Waals surface area contributed by atoms with Crippen LogP contribution in [0.4, 0.5) is 17.6 Å². The fourth-order valence-corrected chi connectivity index (χ4v) is 2.84. The number of ether oxygens (including phenoxy) is 1. The van der Waals surface area contributed by atoms with Crippen molar-refractivity contribution in [3.05, 3.63) is 66.2 Å². The molecule has 0 N–H and O–H groups in total. The molecule has 9 heteroatoms. The first-order valence-electron chi connectivity index (χ1n) is 8.09. The van der Waals surface area contributed by atoms with Crippen LogP contribution < -0.4 is 4.74 Å². The Bertz CT molecular complexity index is 1140. The number of halogens is 4. The number of rotatable bonds is 3. The minimum atomic E-state index is -4.49. The number of nitrogens with zero attached hydrogens (tertiary/aromatic N) is 4. The molecule has 0 unspecified atom stereocenters. The first kappa shape index (κ1) is 17.9. The van der Waals surface area contributed by atoms with Crippen molar-refractivity contribution >= 4 is 10.9 Å². The summed E-state index contributed by atoms with van der Waals surface area (Å²) < 4.78 is 58.9. The largest absolute Gasteiger partial charge is 0.481 e. The van der Waals surface area contributed by atoms with Gasteiger partial charge in [0, 0.05) is 23.2 Å². The Morgan fingerprint density at radius 2 is 1.79 bits per heavy atom. The average Bonchev–Trinajstić information content (AvgIpc) is 3.06. The quantitative estimate of drug-likeness (QED) is 0.480. The lowest BCUT2D eigenvalue weighted by Gasteiger charge is -2.08. The zero-order valence-corrected chi connectivity index (χ0v) is 14.4. The van der Waals surface area contributed by atoms with Crippen LogP contribution in [0, 0.1) is 5.82 Å². The van der Waals surface area contributed by atoms with E-state index < -0.39 is 17.6 Å². The number of hydrogen-bond donors (Lipinski definition) is 0. The molecule has 0 aliphatic carbocycles. The fourth-order valence-electron chi connectivity index (χ4n) is 2.84. The lowest BCUT2D eigenvalue weighted by molar-refractivity contribution is -0.137. The Balaban J connectivity index is 1.98. The third-order valence-electron chi connectivity index (χ3n) is 4.15. The van der Waals surface area contributed by atoms with E-state index in [9.17, 15) is 17.6 Å². The van der Waals surface area contributed by atoms with Crippen molar-refractivity contribution in [2.75, 3.05) is 7.11 Å². The van der Waals surface area contributed by atoms with Gasteiger partial charge in [0.2, 0.25) is 5.88 Å². The molecule has 0 saturated carbocycles. The molecule has 0 radical (unpaired) electrons. The topological polar surface area (TPSA) is 52.8 Å². The minimum absolute atomic E-state index is 0.131. The Morgan fingerprint density at radius 1 is 0.964 bits per heavy atom. The molecular formula is C19H12F4N4O. The van der Waals surface area contributed by atoms with E-state index in [1.54, 1.807) is 12.1 Å². The van der Waals surface area contributed by atoms with Crippen molar-refractivity contribution in [1.82, 2.24) is 19.7 Å². The maximum absolute atomic E-state index is 13.3. The first-order chi connectivity index (χ1) is 13.4. The van der Waals surface area contributed by atoms with Gasteiger partial charge in [-0.2, -0.15) is 18.3 Å². The lowest BCUT2D eigenvalue weighted by Crippen LogP contribution is -2.04. The van der Waals surface area contributed by atoms with Crippen LogP contribution in [0.1, 0.15) is 5.56 Å². The highest BCUT2D eigenvalue weighted by molar-refractivity contribution is 5.94. The number of methoxy groups -OCH3 is 1. The average molecular weight is 388 g/mol. The van der Waals surface area contributed by atoms with E-state index in [0.717, 1.165) is 18.3 Å². The lowest BCUT2D eigenvalue weighted by atomic mass is 10.1. The van der Waals surface area contributed by atoms with Crippen molar-refractivity contribution in [3.63, 3.8) is 0 Å². The highest BCUT2D eigenvalue weighted by Gasteiger charge is 2.31. The molecule has 28 heavy (non-hydrogen) atoms. The molecule has 142 valence electrons. The van der Waals surface area contributed by atoms with E-state index in [0.29, 0.717) is 22.5 Å². The predicted octanol–water partition coefficient (Wildman–Crippen LogP) is 4.65. The van der Waals surface area contributed by atoms with Crippen LogP contribution in [-0.2, 0) is 6.18 Å². The molecule has 0 aliphatic rings. The maximum atomic E-state index is 13.3. The molecule has 0 amide bonds. The van der Waals surface area contributed by atoms with Gasteiger partial charge in [0.25, 0.3) is 0 Å². The van der Waals surface area contributed by atoms with E-state index >= 15 is 0 Å². The van der Waals surface area contributed by atoms with Crippen molar-refractivity contribution in [3.8, 4) is 23.0 Å². The molecule has 0 fully saturated rings. The van der Waals surface area contributed by atoms with Gasteiger partial charge in [-0.1, -0.05) is 0 Å². The Labute approximate surface area is 156 Å². The van der Waals surface area contributed by atoms with E-state index in [2.05, 4.69) is 15.1 Å². The number of alkyl halides is 3. The first-order valence-corrected chi connectivity index (χ1v) is 8.09. The minimum Gasteiger partial charge on any atom is -0.481 e. The standard InChI is InChI=1S/C19H12F4N4O/c1-28-17-7-2-11(9-25-17)18-14-5-3-12(19(21,22)23)8-15(14)26-27(18)16-6-4-13(20)10-24-16/h2-10H,1H3. The van der Waals surface area contributed by atoms with Crippen LogP contribution in [0.5, 0.6) is 5.88 Å². The van der Waals surface area contributed by atoms with Gasteiger partial charge in [0.15, 0.2) is 5.82 Å².